The molecule has 32 heavy (non-hydrogen) atoms. The number of hydrogen-bond donors (Lipinski definition) is 2. The predicted octanol–water partition coefficient (Wildman–Crippen LogP) is 5.44. The van der Waals surface area contributed by atoms with Gasteiger partial charge >= 0.3 is 0 Å². The highest BCUT2D eigenvalue weighted by Crippen LogP contribution is 2.29. The van der Waals surface area contributed by atoms with E-state index in [0.29, 0.717) is 23.4 Å². The third-order valence-corrected chi connectivity index (χ3v) is 5.42. The summed E-state index contributed by atoms with van der Waals surface area (Å²) in [6.45, 7) is 2.40. The molecule has 5 aromatic rings. The number of aryl methyl sites for hydroxylation is 1. The molecule has 6 heteroatoms. The molecule has 0 bridgehead atoms. The summed E-state index contributed by atoms with van der Waals surface area (Å²) < 4.78 is 15.2. The first kappa shape index (κ1) is 19.8. The van der Waals surface area contributed by atoms with Gasteiger partial charge in [0.05, 0.1) is 5.69 Å². The molecular formula is C26H21FN4O. The first-order chi connectivity index (χ1) is 15.6. The lowest BCUT2D eigenvalue weighted by molar-refractivity contribution is 0.628. The third-order valence-electron chi connectivity index (χ3n) is 5.42. The molecule has 0 spiro atoms. The minimum Gasteiger partial charge on any atom is -0.381 e. The van der Waals surface area contributed by atoms with E-state index in [1.165, 1.54) is 17.7 Å². The molecule has 0 radical (unpaired) electrons. The molecular weight excluding hydrogens is 403 g/mol. The third kappa shape index (κ3) is 3.78. The second-order valence-corrected chi connectivity index (χ2v) is 7.71. The molecule has 0 saturated carbocycles. The molecule has 0 unspecified atom stereocenters. The average Bonchev–Trinajstić information content (AvgIpc) is 3.18. The molecule has 158 valence electrons. The van der Waals surface area contributed by atoms with Crippen molar-refractivity contribution in [1.29, 1.82) is 0 Å². The van der Waals surface area contributed by atoms with E-state index in [9.17, 15) is 9.18 Å². The number of para-hydroxylation sites is 1. The fraction of sp³-hybridized carbons (Fsp3) is 0.0769. The number of anilines is 1. The smallest absolute Gasteiger partial charge is 0.254 e. The van der Waals surface area contributed by atoms with Gasteiger partial charge < -0.3 is 10.3 Å². The number of nitrogens with one attached hydrogen (secondary N) is 2. The minimum absolute atomic E-state index is 0.181. The summed E-state index contributed by atoms with van der Waals surface area (Å²) in [6, 6.07) is 25.7. The zero-order chi connectivity index (χ0) is 22.1. The molecule has 5 rings (SSSR count). The maximum Gasteiger partial charge on any atom is 0.254 e. The summed E-state index contributed by atoms with van der Waals surface area (Å²) >= 11 is 0. The van der Waals surface area contributed by atoms with E-state index in [-0.39, 0.29) is 11.4 Å². The Balaban J connectivity index is 1.62. The lowest BCUT2D eigenvalue weighted by Gasteiger charge is -2.07. The summed E-state index contributed by atoms with van der Waals surface area (Å²) in [5, 5.41) is 8.87. The molecule has 2 aromatic heterocycles. The van der Waals surface area contributed by atoms with Gasteiger partial charge in [0.1, 0.15) is 17.2 Å². The molecule has 0 aliphatic carbocycles. The standard InChI is InChI=1S/C26H21FN4O/c1-17-7-13-21(14-8-17)28-16-19-15-23-24(18-9-11-20(27)12-10-18)30-31(25(23)29-26(19)32)22-5-3-2-4-6-22/h2-15,28H,16H2,1H3,(H,29,32). The van der Waals surface area contributed by atoms with Gasteiger partial charge in [0, 0.05) is 28.7 Å². The van der Waals surface area contributed by atoms with Gasteiger partial charge in [0.15, 0.2) is 0 Å². The molecule has 0 aliphatic rings. The van der Waals surface area contributed by atoms with Crippen molar-refractivity contribution < 1.29 is 4.39 Å². The maximum atomic E-state index is 13.5. The Morgan fingerprint density at radius 1 is 0.969 bits per heavy atom. The summed E-state index contributed by atoms with van der Waals surface area (Å²) in [7, 11) is 0. The number of pyridine rings is 1. The minimum atomic E-state index is -0.308. The predicted molar refractivity (Wildman–Crippen MR) is 126 cm³/mol. The number of aromatic nitrogens is 3. The van der Waals surface area contributed by atoms with Crippen molar-refractivity contribution in [2.24, 2.45) is 0 Å². The molecule has 3 aromatic carbocycles. The van der Waals surface area contributed by atoms with Crippen LogP contribution in [0.1, 0.15) is 11.1 Å². The van der Waals surface area contributed by atoms with Crippen LogP contribution in [-0.4, -0.2) is 14.8 Å². The van der Waals surface area contributed by atoms with Crippen LogP contribution in [0.5, 0.6) is 0 Å². The zero-order valence-corrected chi connectivity index (χ0v) is 17.5. The molecule has 0 atom stereocenters. The van der Waals surface area contributed by atoms with E-state index in [4.69, 9.17) is 5.10 Å². The van der Waals surface area contributed by atoms with Crippen molar-refractivity contribution in [1.82, 2.24) is 14.8 Å². The molecule has 5 nitrogen and oxygen atoms in total. The number of H-pyrrole nitrogens is 1. The van der Waals surface area contributed by atoms with Crippen LogP contribution in [0.25, 0.3) is 28.0 Å². The van der Waals surface area contributed by atoms with Crippen LogP contribution in [0, 0.1) is 12.7 Å². The monoisotopic (exact) mass is 424 g/mol. The van der Waals surface area contributed by atoms with E-state index in [0.717, 1.165) is 22.3 Å². The Hall–Kier alpha value is -4.19. The van der Waals surface area contributed by atoms with Crippen LogP contribution in [0.3, 0.4) is 0 Å². The van der Waals surface area contributed by atoms with Crippen LogP contribution in [-0.2, 0) is 6.54 Å². The summed E-state index contributed by atoms with van der Waals surface area (Å²) in [5.74, 6) is -0.308. The van der Waals surface area contributed by atoms with E-state index in [1.807, 2.05) is 67.6 Å². The van der Waals surface area contributed by atoms with Crippen molar-refractivity contribution in [2.45, 2.75) is 13.5 Å². The zero-order valence-electron chi connectivity index (χ0n) is 17.5. The second kappa shape index (κ2) is 8.15. The van der Waals surface area contributed by atoms with Crippen molar-refractivity contribution >= 4 is 16.7 Å². The van der Waals surface area contributed by atoms with Crippen LogP contribution in [0.4, 0.5) is 10.1 Å². The summed E-state index contributed by atoms with van der Waals surface area (Å²) in [5.41, 5.74) is 5.40. The van der Waals surface area contributed by atoms with Crippen LogP contribution >= 0.6 is 0 Å². The van der Waals surface area contributed by atoms with Gasteiger partial charge in [-0.2, -0.15) is 5.10 Å². The number of nitrogens with zero attached hydrogens (tertiary/aromatic N) is 2. The molecule has 0 saturated heterocycles. The van der Waals surface area contributed by atoms with Gasteiger partial charge in [-0.3, -0.25) is 4.79 Å². The van der Waals surface area contributed by atoms with Crippen molar-refractivity contribution in [2.75, 3.05) is 5.32 Å². The van der Waals surface area contributed by atoms with Crippen LogP contribution in [0.15, 0.2) is 89.7 Å². The van der Waals surface area contributed by atoms with E-state index < -0.39 is 0 Å². The van der Waals surface area contributed by atoms with Crippen LogP contribution < -0.4 is 10.9 Å². The van der Waals surface area contributed by atoms with Gasteiger partial charge in [-0.15, -0.1) is 0 Å². The van der Waals surface area contributed by atoms with Gasteiger partial charge in [-0.1, -0.05) is 35.9 Å². The van der Waals surface area contributed by atoms with Gasteiger partial charge in [-0.05, 0) is 61.5 Å². The molecule has 0 aliphatic heterocycles. The Morgan fingerprint density at radius 3 is 2.41 bits per heavy atom. The lowest BCUT2D eigenvalue weighted by atomic mass is 10.1. The largest absolute Gasteiger partial charge is 0.381 e. The van der Waals surface area contributed by atoms with Crippen LogP contribution in [0.2, 0.25) is 0 Å². The Labute approximate surface area is 184 Å². The number of rotatable bonds is 5. The molecule has 2 heterocycles. The topological polar surface area (TPSA) is 62.7 Å². The highest BCUT2D eigenvalue weighted by atomic mass is 19.1. The number of fused-ring (bicyclic) bond motifs is 1. The first-order valence-electron chi connectivity index (χ1n) is 10.4. The summed E-state index contributed by atoms with van der Waals surface area (Å²) in [6.07, 6.45) is 0. The molecule has 0 amide bonds. The van der Waals surface area contributed by atoms with Gasteiger partial charge in [-0.25, -0.2) is 9.07 Å². The Bertz CT molecular complexity index is 1440. The molecule has 0 fully saturated rings. The average molecular weight is 424 g/mol. The second-order valence-electron chi connectivity index (χ2n) is 7.71. The van der Waals surface area contributed by atoms with Crippen molar-refractivity contribution in [3.8, 4) is 16.9 Å². The van der Waals surface area contributed by atoms with E-state index in [2.05, 4.69) is 10.3 Å². The Kier molecular flexibility index (Phi) is 5.03. The lowest BCUT2D eigenvalue weighted by Crippen LogP contribution is -2.16. The van der Waals surface area contributed by atoms with Gasteiger partial charge in [0.25, 0.3) is 5.56 Å². The Morgan fingerprint density at radius 2 is 1.69 bits per heavy atom. The fourth-order valence-electron chi connectivity index (χ4n) is 3.69. The normalized spacial score (nSPS) is 11.1. The number of hydrogen-bond acceptors (Lipinski definition) is 3. The molecule has 2 N–H and O–H groups in total. The first-order valence-corrected chi connectivity index (χ1v) is 10.4. The van der Waals surface area contributed by atoms with Gasteiger partial charge in [0.2, 0.25) is 0 Å². The number of benzene rings is 3. The van der Waals surface area contributed by atoms with E-state index >= 15 is 0 Å². The highest BCUT2D eigenvalue weighted by molar-refractivity contribution is 5.92. The fourth-order valence-corrected chi connectivity index (χ4v) is 3.69. The SMILES string of the molecule is Cc1ccc(NCc2cc3c(-c4ccc(F)cc4)nn(-c4ccccc4)c3[nH]c2=O)cc1. The number of halogens is 1. The number of aromatic amines is 1. The van der Waals surface area contributed by atoms with E-state index in [1.54, 1.807) is 16.8 Å². The quantitative estimate of drug-likeness (QED) is 0.395. The highest BCUT2D eigenvalue weighted by Gasteiger charge is 2.17. The maximum absolute atomic E-state index is 13.5. The van der Waals surface area contributed by atoms with Crippen molar-refractivity contribution in [3.05, 3.63) is 112 Å². The van der Waals surface area contributed by atoms with Crippen molar-refractivity contribution in [3.63, 3.8) is 0 Å². The summed E-state index contributed by atoms with van der Waals surface area (Å²) in [4.78, 5) is 15.9.